The summed E-state index contributed by atoms with van der Waals surface area (Å²) in [6, 6.07) is 4.00. The lowest BCUT2D eigenvalue weighted by molar-refractivity contribution is 0.768. The Labute approximate surface area is 98.5 Å². The largest absolute Gasteiger partial charge is 0.275 e. The fourth-order valence-corrected chi connectivity index (χ4v) is 1.84. The van der Waals surface area contributed by atoms with E-state index < -0.39 is 0 Å². The highest BCUT2D eigenvalue weighted by Gasteiger charge is 2.05. The molecule has 3 rings (SSSR count). The molecular formula is C13H10N4. The molecule has 0 unspecified atom stereocenters. The molecule has 0 aliphatic carbocycles. The van der Waals surface area contributed by atoms with Crippen LogP contribution >= 0.6 is 0 Å². The van der Waals surface area contributed by atoms with Gasteiger partial charge in [0.1, 0.15) is 0 Å². The number of aryl methyl sites for hydroxylation is 1. The Kier molecular flexibility index (Phi) is 1.99. The molecule has 4 nitrogen and oxygen atoms in total. The second kappa shape index (κ2) is 3.49. The Hall–Kier alpha value is -2.54. The van der Waals surface area contributed by atoms with Crippen LogP contribution in [0.15, 0.2) is 36.9 Å². The minimum Gasteiger partial charge on any atom is -0.275 e. The molecule has 0 aromatic carbocycles. The van der Waals surface area contributed by atoms with Gasteiger partial charge in [-0.1, -0.05) is 12.0 Å². The summed E-state index contributed by atoms with van der Waals surface area (Å²) in [5, 5.41) is 8.38. The van der Waals surface area contributed by atoms with E-state index in [4.69, 9.17) is 6.42 Å². The molecule has 0 saturated heterocycles. The van der Waals surface area contributed by atoms with Crippen molar-refractivity contribution in [2.75, 3.05) is 0 Å². The molecule has 82 valence electrons. The summed E-state index contributed by atoms with van der Waals surface area (Å²) < 4.78 is 3.56. The number of hydrogen-bond donors (Lipinski definition) is 0. The van der Waals surface area contributed by atoms with E-state index in [1.54, 1.807) is 15.4 Å². The SMILES string of the molecule is C#Cc1cnn2cc(-c3cnn(C)c3)ccc12. The van der Waals surface area contributed by atoms with Gasteiger partial charge in [-0.2, -0.15) is 10.2 Å². The van der Waals surface area contributed by atoms with Gasteiger partial charge in [-0.25, -0.2) is 4.52 Å². The van der Waals surface area contributed by atoms with Crippen LogP contribution in [0.1, 0.15) is 5.56 Å². The van der Waals surface area contributed by atoms with E-state index in [9.17, 15) is 0 Å². The third-order valence-electron chi connectivity index (χ3n) is 2.71. The summed E-state index contributed by atoms with van der Waals surface area (Å²) in [5.41, 5.74) is 3.88. The molecule has 17 heavy (non-hydrogen) atoms. The number of nitrogens with zero attached hydrogens (tertiary/aromatic N) is 4. The fourth-order valence-electron chi connectivity index (χ4n) is 1.84. The third-order valence-corrected chi connectivity index (χ3v) is 2.71. The van der Waals surface area contributed by atoms with Crippen molar-refractivity contribution in [1.29, 1.82) is 0 Å². The van der Waals surface area contributed by atoms with Crippen LogP contribution in [0, 0.1) is 12.3 Å². The molecule has 3 heterocycles. The van der Waals surface area contributed by atoms with E-state index in [-0.39, 0.29) is 0 Å². The summed E-state index contributed by atoms with van der Waals surface area (Å²) in [5.74, 6) is 2.61. The van der Waals surface area contributed by atoms with Crippen LogP contribution in [0.25, 0.3) is 16.6 Å². The van der Waals surface area contributed by atoms with Gasteiger partial charge in [0.05, 0.1) is 23.5 Å². The van der Waals surface area contributed by atoms with E-state index in [0.29, 0.717) is 0 Å². The number of hydrogen-bond acceptors (Lipinski definition) is 2. The minimum atomic E-state index is 0.808. The zero-order valence-corrected chi connectivity index (χ0v) is 9.33. The molecule has 3 aromatic rings. The summed E-state index contributed by atoms with van der Waals surface area (Å²) in [7, 11) is 1.90. The highest BCUT2D eigenvalue weighted by atomic mass is 15.2. The standard InChI is InChI=1S/C13H10N4/c1-3-10-6-15-17-9-11(4-5-13(10)17)12-7-14-16(2)8-12/h1,4-9H,2H3. The minimum absolute atomic E-state index is 0.808. The topological polar surface area (TPSA) is 35.1 Å². The zero-order valence-electron chi connectivity index (χ0n) is 9.33. The van der Waals surface area contributed by atoms with Crippen molar-refractivity contribution in [3.05, 3.63) is 42.5 Å². The van der Waals surface area contributed by atoms with Gasteiger partial charge in [-0.05, 0) is 6.07 Å². The second-order valence-electron chi connectivity index (χ2n) is 3.85. The summed E-state index contributed by atoms with van der Waals surface area (Å²) >= 11 is 0. The molecular weight excluding hydrogens is 212 g/mol. The normalized spacial score (nSPS) is 10.6. The molecule has 0 fully saturated rings. The van der Waals surface area contributed by atoms with Crippen molar-refractivity contribution in [3.8, 4) is 23.5 Å². The Morgan fingerprint density at radius 3 is 2.71 bits per heavy atom. The van der Waals surface area contributed by atoms with Crippen molar-refractivity contribution < 1.29 is 0 Å². The predicted octanol–water partition coefficient (Wildman–Crippen LogP) is 1.72. The van der Waals surface area contributed by atoms with Crippen LogP contribution in [0.2, 0.25) is 0 Å². The predicted molar refractivity (Wildman–Crippen MR) is 65.3 cm³/mol. The van der Waals surface area contributed by atoms with Crippen molar-refractivity contribution in [2.45, 2.75) is 0 Å². The average Bonchev–Trinajstić information content (AvgIpc) is 2.94. The molecule has 4 heteroatoms. The van der Waals surface area contributed by atoms with Gasteiger partial charge in [-0.15, -0.1) is 6.42 Å². The van der Waals surface area contributed by atoms with Crippen LogP contribution in [-0.4, -0.2) is 19.4 Å². The maximum atomic E-state index is 5.40. The first kappa shape index (κ1) is 9.67. The van der Waals surface area contributed by atoms with Crippen molar-refractivity contribution in [1.82, 2.24) is 19.4 Å². The lowest BCUT2D eigenvalue weighted by Gasteiger charge is -1.99. The average molecular weight is 222 g/mol. The van der Waals surface area contributed by atoms with Crippen molar-refractivity contribution in [3.63, 3.8) is 0 Å². The molecule has 0 radical (unpaired) electrons. The fraction of sp³-hybridized carbons (Fsp3) is 0.0769. The smallest absolute Gasteiger partial charge is 0.0818 e. The zero-order chi connectivity index (χ0) is 11.8. The monoisotopic (exact) mass is 222 g/mol. The lowest BCUT2D eigenvalue weighted by Crippen LogP contribution is -1.88. The Balaban J connectivity index is 2.18. The van der Waals surface area contributed by atoms with E-state index in [1.807, 2.05) is 37.8 Å². The highest BCUT2D eigenvalue weighted by molar-refractivity contribution is 5.67. The maximum Gasteiger partial charge on any atom is 0.0818 e. The van der Waals surface area contributed by atoms with Crippen LogP contribution < -0.4 is 0 Å². The van der Waals surface area contributed by atoms with Gasteiger partial charge in [0.25, 0.3) is 0 Å². The van der Waals surface area contributed by atoms with Gasteiger partial charge in [0.2, 0.25) is 0 Å². The quantitative estimate of drug-likeness (QED) is 0.587. The Morgan fingerprint density at radius 1 is 1.12 bits per heavy atom. The maximum absolute atomic E-state index is 5.40. The summed E-state index contributed by atoms with van der Waals surface area (Å²) in [4.78, 5) is 0. The molecule has 0 atom stereocenters. The van der Waals surface area contributed by atoms with E-state index >= 15 is 0 Å². The van der Waals surface area contributed by atoms with Crippen molar-refractivity contribution >= 4 is 5.52 Å². The number of terminal acetylenes is 1. The van der Waals surface area contributed by atoms with Gasteiger partial charge in [0, 0.05) is 30.6 Å². The first-order chi connectivity index (χ1) is 8.28. The summed E-state index contributed by atoms with van der Waals surface area (Å²) in [6.45, 7) is 0. The molecule has 0 bridgehead atoms. The van der Waals surface area contributed by atoms with Gasteiger partial charge < -0.3 is 0 Å². The lowest BCUT2D eigenvalue weighted by atomic mass is 10.1. The first-order valence-electron chi connectivity index (χ1n) is 5.21. The van der Waals surface area contributed by atoms with Gasteiger partial charge in [-0.3, -0.25) is 4.68 Å². The van der Waals surface area contributed by atoms with Crippen LogP contribution in [0.3, 0.4) is 0 Å². The highest BCUT2D eigenvalue weighted by Crippen LogP contribution is 2.20. The molecule has 0 saturated carbocycles. The van der Waals surface area contributed by atoms with E-state index in [1.165, 1.54) is 0 Å². The number of pyridine rings is 1. The van der Waals surface area contributed by atoms with Crippen LogP contribution in [0.4, 0.5) is 0 Å². The molecule has 0 aliphatic rings. The first-order valence-corrected chi connectivity index (χ1v) is 5.21. The number of rotatable bonds is 1. The molecule has 0 aliphatic heterocycles. The van der Waals surface area contributed by atoms with E-state index in [0.717, 1.165) is 22.2 Å². The van der Waals surface area contributed by atoms with Crippen molar-refractivity contribution in [2.24, 2.45) is 7.05 Å². The number of aromatic nitrogens is 4. The molecule has 0 amide bonds. The molecule has 0 N–H and O–H groups in total. The molecule has 0 spiro atoms. The molecule has 3 aromatic heterocycles. The van der Waals surface area contributed by atoms with E-state index in [2.05, 4.69) is 16.1 Å². The Morgan fingerprint density at radius 2 is 2.00 bits per heavy atom. The summed E-state index contributed by atoms with van der Waals surface area (Å²) in [6.07, 6.45) is 12.8. The van der Waals surface area contributed by atoms with Gasteiger partial charge >= 0.3 is 0 Å². The second-order valence-corrected chi connectivity index (χ2v) is 3.85. The third kappa shape index (κ3) is 1.49. The van der Waals surface area contributed by atoms with Gasteiger partial charge in [0.15, 0.2) is 0 Å². The van der Waals surface area contributed by atoms with Crippen LogP contribution in [-0.2, 0) is 7.05 Å². The Bertz CT molecular complexity index is 727. The number of fused-ring (bicyclic) bond motifs is 1. The van der Waals surface area contributed by atoms with Crippen LogP contribution in [0.5, 0.6) is 0 Å².